The predicted octanol–water partition coefficient (Wildman–Crippen LogP) is 6.16. The molecule has 0 aromatic carbocycles. The Labute approximate surface area is 268 Å². The summed E-state index contributed by atoms with van der Waals surface area (Å²) in [6.07, 6.45) is 8.62. The number of aromatic nitrogens is 3. The first-order valence-electron chi connectivity index (χ1n) is 14.8. The molecule has 0 aliphatic rings. The van der Waals surface area contributed by atoms with E-state index < -0.39 is 0 Å². The molecule has 9 nitrogen and oxygen atoms in total. The molecule has 0 bridgehead atoms. The van der Waals surface area contributed by atoms with E-state index >= 15 is 0 Å². The largest absolute Gasteiger partial charge is 0.348 e. The number of nitrogens with zero attached hydrogens (tertiary/aromatic N) is 3. The zero-order valence-corrected chi connectivity index (χ0v) is 28.1. The molecular formula is C36H48N6O3. The van der Waals surface area contributed by atoms with Gasteiger partial charge < -0.3 is 16.0 Å². The molecule has 3 aromatic rings. The van der Waals surface area contributed by atoms with Crippen molar-refractivity contribution in [3.8, 4) is 0 Å². The minimum Gasteiger partial charge on any atom is -0.348 e. The molecule has 0 saturated carbocycles. The molecule has 0 aliphatic carbocycles. The summed E-state index contributed by atoms with van der Waals surface area (Å²) in [5.74, 6) is -0.0497. The van der Waals surface area contributed by atoms with E-state index in [2.05, 4.69) is 30.9 Å². The Kier molecular flexibility index (Phi) is 17.7. The highest BCUT2D eigenvalue weighted by Gasteiger charge is 2.06. The Hall–Kier alpha value is -4.92. The molecule has 3 amide bonds. The summed E-state index contributed by atoms with van der Waals surface area (Å²) in [7, 11) is 0. The second-order valence-corrected chi connectivity index (χ2v) is 11.0. The van der Waals surface area contributed by atoms with Crippen LogP contribution in [-0.2, 0) is 34.0 Å². The lowest BCUT2D eigenvalue weighted by Gasteiger charge is -2.06. The summed E-state index contributed by atoms with van der Waals surface area (Å²) in [6.45, 7) is 18.6. The molecule has 9 heteroatoms. The lowest BCUT2D eigenvalue weighted by molar-refractivity contribution is -0.118. The summed E-state index contributed by atoms with van der Waals surface area (Å²) in [4.78, 5) is 46.7. The fourth-order valence-electron chi connectivity index (χ4n) is 3.12. The highest BCUT2D eigenvalue weighted by molar-refractivity contribution is 5.94. The summed E-state index contributed by atoms with van der Waals surface area (Å²) in [5, 5.41) is 8.52. The van der Waals surface area contributed by atoms with Crippen LogP contribution in [0.25, 0.3) is 0 Å². The van der Waals surface area contributed by atoms with Gasteiger partial charge in [0.2, 0.25) is 17.7 Å². The zero-order chi connectivity index (χ0) is 33.8. The number of amides is 3. The third-order valence-corrected chi connectivity index (χ3v) is 6.81. The topological polar surface area (TPSA) is 126 Å². The predicted molar refractivity (Wildman–Crippen MR) is 180 cm³/mol. The van der Waals surface area contributed by atoms with Gasteiger partial charge in [0.1, 0.15) is 0 Å². The zero-order valence-electron chi connectivity index (χ0n) is 28.1. The Bertz CT molecular complexity index is 1270. The second-order valence-electron chi connectivity index (χ2n) is 11.0. The van der Waals surface area contributed by atoms with Gasteiger partial charge in [-0.2, -0.15) is 0 Å². The Morgan fingerprint density at radius 1 is 0.511 bits per heavy atom. The molecule has 3 N–H and O–H groups in total. The summed E-state index contributed by atoms with van der Waals surface area (Å²) in [5.41, 5.74) is 8.38. The number of pyridine rings is 3. The monoisotopic (exact) mass is 612 g/mol. The highest BCUT2D eigenvalue weighted by Crippen LogP contribution is 2.04. The molecule has 3 aromatic heterocycles. The van der Waals surface area contributed by atoms with Gasteiger partial charge in [-0.05, 0) is 104 Å². The van der Waals surface area contributed by atoms with Crippen LogP contribution in [0.2, 0.25) is 0 Å². The molecule has 0 radical (unpaired) electrons. The van der Waals surface area contributed by atoms with Crippen molar-refractivity contribution in [2.75, 3.05) is 0 Å². The maximum atomic E-state index is 11.6. The standard InChI is InChI=1S/3C12H16N2O/c1-9(2)10(3)12(15)14-8-11-4-6-13-7-5-11;1-9(2)10(3)12(15)14-8-11-5-4-6-13-7-11;1-9(2)10(3)12(15)14-8-11-6-4-5-7-13-11/h3*4-7H,8H2,1-3H3,(H,14,15). The summed E-state index contributed by atoms with van der Waals surface area (Å²) >= 11 is 0. The number of hydrogen-bond donors (Lipinski definition) is 3. The lowest BCUT2D eigenvalue weighted by atomic mass is 10.1. The van der Waals surface area contributed by atoms with Gasteiger partial charge in [-0.25, -0.2) is 0 Å². The normalized spacial score (nSPS) is 9.53. The minimum absolute atomic E-state index is 0.00758. The van der Waals surface area contributed by atoms with Gasteiger partial charge in [-0.15, -0.1) is 0 Å². The molecule has 3 rings (SSSR count). The van der Waals surface area contributed by atoms with Gasteiger partial charge in [-0.3, -0.25) is 29.3 Å². The van der Waals surface area contributed by atoms with Crippen molar-refractivity contribution in [2.24, 2.45) is 0 Å². The molecule has 0 spiro atoms. The van der Waals surface area contributed by atoms with Crippen LogP contribution in [0, 0.1) is 0 Å². The first kappa shape index (κ1) is 38.1. The van der Waals surface area contributed by atoms with E-state index in [0.29, 0.717) is 19.6 Å². The average Bonchev–Trinajstić information content (AvgIpc) is 3.05. The fourth-order valence-corrected chi connectivity index (χ4v) is 3.12. The second kappa shape index (κ2) is 20.9. The van der Waals surface area contributed by atoms with Gasteiger partial charge in [0.15, 0.2) is 0 Å². The third-order valence-electron chi connectivity index (χ3n) is 6.81. The molecular weight excluding hydrogens is 564 g/mol. The molecule has 45 heavy (non-hydrogen) atoms. The van der Waals surface area contributed by atoms with E-state index in [1.54, 1.807) is 31.0 Å². The van der Waals surface area contributed by atoms with Gasteiger partial charge in [0.05, 0.1) is 12.2 Å². The van der Waals surface area contributed by atoms with Crippen molar-refractivity contribution in [3.05, 3.63) is 124 Å². The van der Waals surface area contributed by atoms with Crippen LogP contribution in [-0.4, -0.2) is 32.7 Å². The first-order chi connectivity index (χ1) is 21.3. The van der Waals surface area contributed by atoms with Crippen LogP contribution in [0.15, 0.2) is 107 Å². The van der Waals surface area contributed by atoms with Crippen LogP contribution >= 0.6 is 0 Å². The van der Waals surface area contributed by atoms with E-state index in [1.807, 2.05) is 105 Å². The van der Waals surface area contributed by atoms with Crippen LogP contribution in [0.3, 0.4) is 0 Å². The quantitative estimate of drug-likeness (QED) is 0.249. The number of hydrogen-bond acceptors (Lipinski definition) is 6. The third kappa shape index (κ3) is 15.9. The van der Waals surface area contributed by atoms with Crippen molar-refractivity contribution in [2.45, 2.75) is 81.9 Å². The van der Waals surface area contributed by atoms with E-state index in [9.17, 15) is 14.4 Å². The van der Waals surface area contributed by atoms with Crippen molar-refractivity contribution < 1.29 is 14.4 Å². The maximum absolute atomic E-state index is 11.6. The molecule has 3 heterocycles. The van der Waals surface area contributed by atoms with Gasteiger partial charge >= 0.3 is 0 Å². The maximum Gasteiger partial charge on any atom is 0.247 e. The van der Waals surface area contributed by atoms with Crippen LogP contribution < -0.4 is 16.0 Å². The molecule has 0 atom stereocenters. The number of carbonyl (C=O) groups excluding carboxylic acids is 3. The van der Waals surface area contributed by atoms with E-state index in [0.717, 1.165) is 50.3 Å². The summed E-state index contributed by atoms with van der Waals surface area (Å²) < 4.78 is 0. The van der Waals surface area contributed by atoms with Crippen molar-refractivity contribution >= 4 is 17.7 Å². The van der Waals surface area contributed by atoms with E-state index in [1.165, 1.54) is 0 Å². The van der Waals surface area contributed by atoms with Gasteiger partial charge in [-0.1, -0.05) is 28.9 Å². The Morgan fingerprint density at radius 3 is 1.42 bits per heavy atom. The highest BCUT2D eigenvalue weighted by atomic mass is 16.2. The lowest BCUT2D eigenvalue weighted by Crippen LogP contribution is -2.24. The SMILES string of the molecule is CC(C)=C(C)C(=O)NCc1ccccn1.CC(C)=C(C)C(=O)NCc1cccnc1.CC(C)=C(C)C(=O)NCc1ccncc1. The molecule has 240 valence electrons. The Morgan fingerprint density at radius 2 is 1.00 bits per heavy atom. The van der Waals surface area contributed by atoms with Crippen molar-refractivity contribution in [1.82, 2.24) is 30.9 Å². The fraction of sp³-hybridized carbons (Fsp3) is 0.333. The van der Waals surface area contributed by atoms with Crippen molar-refractivity contribution in [1.29, 1.82) is 0 Å². The first-order valence-corrected chi connectivity index (χ1v) is 14.8. The van der Waals surface area contributed by atoms with Crippen LogP contribution in [0.5, 0.6) is 0 Å². The van der Waals surface area contributed by atoms with Crippen LogP contribution in [0.4, 0.5) is 0 Å². The van der Waals surface area contributed by atoms with E-state index in [4.69, 9.17) is 0 Å². The van der Waals surface area contributed by atoms with Crippen molar-refractivity contribution in [3.63, 3.8) is 0 Å². The Balaban J connectivity index is 0.000000337. The molecule has 0 aliphatic heterocycles. The van der Waals surface area contributed by atoms with E-state index in [-0.39, 0.29) is 17.7 Å². The molecule has 0 unspecified atom stereocenters. The molecule has 0 fully saturated rings. The molecule has 0 saturated heterocycles. The number of nitrogens with one attached hydrogen (secondary N) is 3. The van der Waals surface area contributed by atoms with Gasteiger partial charge in [0, 0.05) is 60.8 Å². The smallest absolute Gasteiger partial charge is 0.247 e. The number of allylic oxidation sites excluding steroid dienone is 3. The number of carbonyl (C=O) groups is 3. The van der Waals surface area contributed by atoms with Crippen LogP contribution in [0.1, 0.15) is 79.1 Å². The van der Waals surface area contributed by atoms with Gasteiger partial charge in [0.25, 0.3) is 0 Å². The minimum atomic E-state index is -0.0272. The average molecular weight is 613 g/mol. The summed E-state index contributed by atoms with van der Waals surface area (Å²) in [6, 6.07) is 13.2. The number of rotatable bonds is 9.